The first-order chi connectivity index (χ1) is 10.1. The van der Waals surface area contributed by atoms with Gasteiger partial charge in [0.1, 0.15) is 5.82 Å². The molecule has 4 unspecified atom stereocenters. The van der Waals surface area contributed by atoms with Crippen molar-refractivity contribution in [2.45, 2.75) is 50.3 Å². The van der Waals surface area contributed by atoms with Crippen molar-refractivity contribution in [1.29, 1.82) is 0 Å². The highest BCUT2D eigenvalue weighted by Gasteiger charge is 2.36. The van der Waals surface area contributed by atoms with Crippen LogP contribution in [0.3, 0.4) is 0 Å². The number of alkyl halides is 1. The summed E-state index contributed by atoms with van der Waals surface area (Å²) >= 11 is 16.0. The molecular formula is C17H20BrCl2F. The molecule has 0 spiro atoms. The Labute approximate surface area is 144 Å². The molecule has 0 N–H and O–H groups in total. The Hall–Kier alpha value is 0.210. The van der Waals surface area contributed by atoms with Crippen molar-refractivity contribution in [1.82, 2.24) is 0 Å². The van der Waals surface area contributed by atoms with Crippen LogP contribution < -0.4 is 0 Å². The van der Waals surface area contributed by atoms with Gasteiger partial charge < -0.3 is 0 Å². The van der Waals surface area contributed by atoms with Crippen molar-refractivity contribution >= 4 is 39.1 Å². The van der Waals surface area contributed by atoms with E-state index in [-0.39, 0.29) is 11.2 Å². The van der Waals surface area contributed by atoms with Crippen LogP contribution in [0.5, 0.6) is 0 Å². The quantitative estimate of drug-likeness (QED) is 0.370. The maximum absolute atomic E-state index is 14.2. The molecule has 4 atom stereocenters. The predicted octanol–water partition coefficient (Wildman–Crippen LogP) is 7.13. The van der Waals surface area contributed by atoms with E-state index in [0.717, 1.165) is 24.7 Å². The van der Waals surface area contributed by atoms with E-state index in [9.17, 15) is 4.39 Å². The fourth-order valence-electron chi connectivity index (χ4n) is 4.18. The second-order valence-electron chi connectivity index (χ2n) is 6.57. The zero-order valence-corrected chi connectivity index (χ0v) is 15.0. The minimum Gasteiger partial charge on any atom is -0.207 e. The third-order valence-corrected chi connectivity index (χ3v) is 7.12. The van der Waals surface area contributed by atoms with Crippen LogP contribution in [0.25, 0.3) is 0 Å². The van der Waals surface area contributed by atoms with E-state index in [4.69, 9.17) is 23.2 Å². The van der Waals surface area contributed by atoms with Crippen molar-refractivity contribution in [3.8, 4) is 0 Å². The van der Waals surface area contributed by atoms with Gasteiger partial charge in [-0.3, -0.25) is 0 Å². The zero-order chi connectivity index (χ0) is 15.0. The molecule has 1 aromatic carbocycles. The summed E-state index contributed by atoms with van der Waals surface area (Å²) in [4.78, 5) is 0. The van der Waals surface area contributed by atoms with Gasteiger partial charge in [-0.1, -0.05) is 37.3 Å². The fraction of sp³-hybridized carbons (Fsp3) is 0.647. The SMILES string of the molecule is Fc1cc(Br)c(Cl)cc1C(Cl)C1CCC2CCCCC2C1. The Balaban J connectivity index is 1.76. The van der Waals surface area contributed by atoms with Crippen LogP contribution in [-0.4, -0.2) is 0 Å². The first-order valence-electron chi connectivity index (χ1n) is 7.84. The topological polar surface area (TPSA) is 0 Å². The number of hydrogen-bond acceptors (Lipinski definition) is 0. The van der Waals surface area contributed by atoms with E-state index in [0.29, 0.717) is 21.0 Å². The molecule has 2 aliphatic rings. The highest BCUT2D eigenvalue weighted by molar-refractivity contribution is 9.10. The summed E-state index contributed by atoms with van der Waals surface area (Å²) in [5.41, 5.74) is 0.559. The molecule has 2 saturated carbocycles. The van der Waals surface area contributed by atoms with Crippen molar-refractivity contribution in [2.24, 2.45) is 17.8 Å². The first kappa shape index (κ1) is 16.1. The van der Waals surface area contributed by atoms with Gasteiger partial charge in [0, 0.05) is 10.0 Å². The van der Waals surface area contributed by atoms with Gasteiger partial charge in [-0.05, 0) is 65.1 Å². The van der Waals surface area contributed by atoms with Crippen LogP contribution in [0, 0.1) is 23.6 Å². The number of rotatable bonds is 2. The molecule has 0 amide bonds. The molecule has 0 aromatic heterocycles. The van der Waals surface area contributed by atoms with Gasteiger partial charge in [-0.15, -0.1) is 11.6 Å². The summed E-state index contributed by atoms with van der Waals surface area (Å²) in [5, 5.41) is 0.266. The molecule has 0 aliphatic heterocycles. The number of hydrogen-bond donors (Lipinski definition) is 0. The Morgan fingerprint density at radius 3 is 2.57 bits per heavy atom. The highest BCUT2D eigenvalue weighted by atomic mass is 79.9. The van der Waals surface area contributed by atoms with Crippen LogP contribution in [-0.2, 0) is 0 Å². The third-order valence-electron chi connectivity index (χ3n) is 5.33. The van der Waals surface area contributed by atoms with E-state index in [1.54, 1.807) is 6.07 Å². The highest BCUT2D eigenvalue weighted by Crippen LogP contribution is 2.48. The average molecular weight is 394 g/mol. The molecule has 2 aliphatic carbocycles. The van der Waals surface area contributed by atoms with Crippen LogP contribution in [0.1, 0.15) is 55.9 Å². The molecule has 3 rings (SSSR count). The number of fused-ring (bicyclic) bond motifs is 1. The molecule has 2 fully saturated rings. The largest absolute Gasteiger partial charge is 0.207 e. The molecule has 1 aromatic rings. The number of halogens is 4. The lowest BCUT2D eigenvalue weighted by molar-refractivity contribution is 0.127. The summed E-state index contributed by atoms with van der Waals surface area (Å²) in [7, 11) is 0. The summed E-state index contributed by atoms with van der Waals surface area (Å²) < 4.78 is 14.8. The maximum Gasteiger partial charge on any atom is 0.129 e. The molecule has 0 radical (unpaired) electrons. The molecule has 4 heteroatoms. The van der Waals surface area contributed by atoms with Crippen molar-refractivity contribution in [3.05, 3.63) is 33.0 Å². The van der Waals surface area contributed by atoms with E-state index in [1.807, 2.05) is 0 Å². The molecular weight excluding hydrogens is 374 g/mol. The Bertz CT molecular complexity index is 520. The molecule has 0 saturated heterocycles. The third kappa shape index (κ3) is 3.43. The molecule has 0 bridgehead atoms. The molecule has 116 valence electrons. The Kier molecular flexibility index (Phi) is 5.18. The van der Waals surface area contributed by atoms with Gasteiger partial charge in [-0.25, -0.2) is 4.39 Å². The predicted molar refractivity (Wildman–Crippen MR) is 90.5 cm³/mol. The number of benzene rings is 1. The monoisotopic (exact) mass is 392 g/mol. The second-order valence-corrected chi connectivity index (χ2v) is 8.30. The van der Waals surface area contributed by atoms with Gasteiger partial charge in [0.2, 0.25) is 0 Å². The zero-order valence-electron chi connectivity index (χ0n) is 11.9. The van der Waals surface area contributed by atoms with Crippen molar-refractivity contribution in [2.75, 3.05) is 0 Å². The van der Waals surface area contributed by atoms with E-state index in [2.05, 4.69) is 15.9 Å². The molecule has 0 nitrogen and oxygen atoms in total. The van der Waals surface area contributed by atoms with Crippen LogP contribution >= 0.6 is 39.1 Å². The maximum atomic E-state index is 14.2. The molecule has 0 heterocycles. The van der Waals surface area contributed by atoms with Crippen LogP contribution in [0.15, 0.2) is 16.6 Å². The summed E-state index contributed by atoms with van der Waals surface area (Å²) in [5.74, 6) is 1.81. The lowest BCUT2D eigenvalue weighted by atomic mass is 9.66. The van der Waals surface area contributed by atoms with E-state index < -0.39 is 0 Å². The summed E-state index contributed by atoms with van der Waals surface area (Å²) in [6.07, 6.45) is 8.95. The lowest BCUT2D eigenvalue weighted by Gasteiger charge is -2.40. The van der Waals surface area contributed by atoms with Gasteiger partial charge in [0.05, 0.1) is 10.4 Å². The van der Waals surface area contributed by atoms with E-state index in [1.165, 1.54) is 38.2 Å². The second kappa shape index (κ2) is 6.76. The normalized spacial score (nSPS) is 30.8. The van der Waals surface area contributed by atoms with Gasteiger partial charge in [-0.2, -0.15) is 0 Å². The summed E-state index contributed by atoms with van der Waals surface area (Å²) in [6.45, 7) is 0. The minimum absolute atomic E-state index is 0.253. The van der Waals surface area contributed by atoms with Crippen LogP contribution in [0.4, 0.5) is 4.39 Å². The van der Waals surface area contributed by atoms with Crippen LogP contribution in [0.2, 0.25) is 5.02 Å². The van der Waals surface area contributed by atoms with Crippen molar-refractivity contribution in [3.63, 3.8) is 0 Å². The van der Waals surface area contributed by atoms with Gasteiger partial charge in [0.15, 0.2) is 0 Å². The lowest BCUT2D eigenvalue weighted by Crippen LogP contribution is -2.29. The molecule has 21 heavy (non-hydrogen) atoms. The van der Waals surface area contributed by atoms with Gasteiger partial charge in [0.25, 0.3) is 0 Å². The Morgan fingerprint density at radius 2 is 1.81 bits per heavy atom. The summed E-state index contributed by atoms with van der Waals surface area (Å²) in [6, 6.07) is 3.12. The minimum atomic E-state index is -0.265. The smallest absolute Gasteiger partial charge is 0.129 e. The van der Waals surface area contributed by atoms with Crippen molar-refractivity contribution < 1.29 is 4.39 Å². The van der Waals surface area contributed by atoms with Gasteiger partial charge >= 0.3 is 0 Å². The first-order valence-corrected chi connectivity index (χ1v) is 9.45. The fourth-order valence-corrected chi connectivity index (χ4v) is 5.06. The average Bonchev–Trinajstić information content (AvgIpc) is 2.50. The Morgan fingerprint density at radius 1 is 1.10 bits per heavy atom. The van der Waals surface area contributed by atoms with E-state index >= 15 is 0 Å². The standard InChI is InChI=1S/C17H20BrCl2F/c18-14-9-16(21)13(8-15(14)19)17(20)12-6-5-10-3-1-2-4-11(10)7-12/h8-12,17H,1-7H2.